The number of nitro benzene ring substituents is 1. The van der Waals surface area contributed by atoms with E-state index in [4.69, 9.17) is 4.98 Å². The molecule has 0 aliphatic carbocycles. The summed E-state index contributed by atoms with van der Waals surface area (Å²) in [5.74, 6) is 0.945. The zero-order chi connectivity index (χ0) is 21.1. The minimum absolute atomic E-state index is 0.00632. The molecule has 0 spiro atoms. The predicted octanol–water partition coefficient (Wildman–Crippen LogP) is 4.64. The second-order valence-corrected chi connectivity index (χ2v) is 7.42. The number of nitro groups is 1. The summed E-state index contributed by atoms with van der Waals surface area (Å²) in [6.07, 6.45) is 1.88. The average Bonchev–Trinajstić information content (AvgIpc) is 3.24. The molecule has 1 aliphatic heterocycles. The summed E-state index contributed by atoms with van der Waals surface area (Å²) in [6.45, 7) is 2.69. The Morgan fingerprint density at radius 2 is 1.97 bits per heavy atom. The van der Waals surface area contributed by atoms with Gasteiger partial charge in [0.2, 0.25) is 0 Å². The van der Waals surface area contributed by atoms with Gasteiger partial charge in [-0.3, -0.25) is 10.1 Å². The third kappa shape index (κ3) is 3.85. The molecule has 0 saturated carbocycles. The summed E-state index contributed by atoms with van der Waals surface area (Å²) in [4.78, 5) is 22.1. The van der Waals surface area contributed by atoms with E-state index < -0.39 is 4.92 Å². The molecule has 3 aromatic rings. The fourth-order valence-electron chi connectivity index (χ4n) is 4.05. The van der Waals surface area contributed by atoms with Crippen LogP contribution in [0.1, 0.15) is 30.0 Å². The molecule has 7 nitrogen and oxygen atoms in total. The number of aromatic nitrogens is 2. The highest BCUT2D eigenvalue weighted by molar-refractivity contribution is 5.61. The largest absolute Gasteiger partial charge is 0.352 e. The van der Waals surface area contributed by atoms with Gasteiger partial charge in [0.25, 0.3) is 5.69 Å². The highest BCUT2D eigenvalue weighted by Gasteiger charge is 2.34. The maximum atomic E-state index is 11.1. The van der Waals surface area contributed by atoms with Gasteiger partial charge in [0.15, 0.2) is 5.82 Å². The topological polar surface area (TPSA) is 96.0 Å². The molecule has 30 heavy (non-hydrogen) atoms. The summed E-state index contributed by atoms with van der Waals surface area (Å²) >= 11 is 0. The van der Waals surface area contributed by atoms with Gasteiger partial charge in [0.05, 0.1) is 23.0 Å². The van der Waals surface area contributed by atoms with Crippen LogP contribution in [0.5, 0.6) is 0 Å². The molecule has 0 radical (unpaired) electrons. The second kappa shape index (κ2) is 8.29. The third-order valence-electron chi connectivity index (χ3n) is 5.43. The summed E-state index contributed by atoms with van der Waals surface area (Å²) in [5.41, 5.74) is 2.39. The summed E-state index contributed by atoms with van der Waals surface area (Å²) in [7, 11) is 0. The number of hydrogen-bond donors (Lipinski definition) is 0. The van der Waals surface area contributed by atoms with Crippen LogP contribution in [0.3, 0.4) is 0 Å². The van der Waals surface area contributed by atoms with Crippen molar-refractivity contribution in [2.24, 2.45) is 0 Å². The van der Waals surface area contributed by atoms with Crippen molar-refractivity contribution in [2.45, 2.75) is 31.7 Å². The van der Waals surface area contributed by atoms with Gasteiger partial charge in [-0.1, -0.05) is 42.5 Å². The maximum Gasteiger partial charge on any atom is 0.270 e. The van der Waals surface area contributed by atoms with E-state index in [0.29, 0.717) is 11.4 Å². The molecule has 1 aromatic heterocycles. The Labute approximate surface area is 174 Å². The van der Waals surface area contributed by atoms with Crippen LogP contribution in [0.25, 0.3) is 11.4 Å². The van der Waals surface area contributed by atoms with Crippen molar-refractivity contribution in [3.63, 3.8) is 0 Å². The number of rotatable bonds is 5. The van der Waals surface area contributed by atoms with Gasteiger partial charge in [0.1, 0.15) is 5.82 Å². The Morgan fingerprint density at radius 3 is 2.70 bits per heavy atom. The number of non-ortho nitro benzene ring substituents is 1. The van der Waals surface area contributed by atoms with Gasteiger partial charge in [-0.2, -0.15) is 5.26 Å². The minimum Gasteiger partial charge on any atom is -0.352 e. The van der Waals surface area contributed by atoms with Crippen LogP contribution in [-0.4, -0.2) is 27.5 Å². The van der Waals surface area contributed by atoms with Crippen molar-refractivity contribution in [3.05, 3.63) is 82.0 Å². The number of nitrogens with zero attached hydrogens (tertiary/aromatic N) is 5. The molecule has 2 heterocycles. The van der Waals surface area contributed by atoms with Crippen LogP contribution >= 0.6 is 0 Å². The Kier molecular flexibility index (Phi) is 5.40. The quantitative estimate of drug-likeness (QED) is 0.458. The molecule has 2 aromatic carbocycles. The first-order valence-electron chi connectivity index (χ1n) is 9.88. The van der Waals surface area contributed by atoms with Crippen molar-refractivity contribution in [1.82, 2.24) is 9.97 Å². The second-order valence-electron chi connectivity index (χ2n) is 7.42. The molecule has 2 unspecified atom stereocenters. The molecule has 0 amide bonds. The minimum atomic E-state index is -0.423. The number of anilines is 1. The molecular formula is C23H21N5O2. The highest BCUT2D eigenvalue weighted by Crippen LogP contribution is 2.34. The van der Waals surface area contributed by atoms with Crippen LogP contribution in [0.15, 0.2) is 60.7 Å². The van der Waals surface area contributed by atoms with Gasteiger partial charge in [-0.25, -0.2) is 9.97 Å². The lowest BCUT2D eigenvalue weighted by Gasteiger charge is -2.29. The van der Waals surface area contributed by atoms with Gasteiger partial charge in [-0.05, 0) is 25.3 Å². The molecule has 0 N–H and O–H groups in total. The van der Waals surface area contributed by atoms with Gasteiger partial charge >= 0.3 is 0 Å². The average molecular weight is 399 g/mol. The monoisotopic (exact) mass is 399 g/mol. The van der Waals surface area contributed by atoms with Crippen molar-refractivity contribution >= 4 is 11.5 Å². The van der Waals surface area contributed by atoms with Crippen molar-refractivity contribution in [3.8, 4) is 17.5 Å². The van der Waals surface area contributed by atoms with Crippen molar-refractivity contribution in [2.75, 3.05) is 11.4 Å². The van der Waals surface area contributed by atoms with Crippen molar-refractivity contribution in [1.29, 1.82) is 5.26 Å². The number of aryl methyl sites for hydroxylation is 1. The van der Waals surface area contributed by atoms with E-state index >= 15 is 0 Å². The van der Waals surface area contributed by atoms with Gasteiger partial charge < -0.3 is 4.90 Å². The molecule has 1 aliphatic rings. The lowest BCUT2D eigenvalue weighted by atomic mass is 9.91. The zero-order valence-corrected chi connectivity index (χ0v) is 16.6. The van der Waals surface area contributed by atoms with Crippen LogP contribution < -0.4 is 4.90 Å². The van der Waals surface area contributed by atoms with Crippen LogP contribution in [0, 0.1) is 28.4 Å². The van der Waals surface area contributed by atoms with Crippen LogP contribution in [0.4, 0.5) is 11.5 Å². The first-order valence-corrected chi connectivity index (χ1v) is 9.88. The fraction of sp³-hybridized carbons (Fsp3) is 0.261. The predicted molar refractivity (Wildman–Crippen MR) is 114 cm³/mol. The Bertz CT molecular complexity index is 1110. The third-order valence-corrected chi connectivity index (χ3v) is 5.43. The van der Waals surface area contributed by atoms with Crippen LogP contribution in [0.2, 0.25) is 0 Å². The van der Waals surface area contributed by atoms with Crippen LogP contribution in [-0.2, 0) is 0 Å². The standard InChI is InChI=1S/C23H21N5O2/c1-16-13-22(26-23(25-16)18-9-5-10-19(14-18)28(29)30)27-12-6-11-21(27)20(15-24)17-7-3-2-4-8-17/h2-5,7-10,13-14,20-21H,6,11-12H2,1H3. The van der Waals surface area contributed by atoms with Crippen molar-refractivity contribution < 1.29 is 4.92 Å². The Morgan fingerprint density at radius 1 is 1.17 bits per heavy atom. The summed E-state index contributed by atoms with van der Waals surface area (Å²) < 4.78 is 0. The molecule has 7 heteroatoms. The fourth-order valence-corrected chi connectivity index (χ4v) is 4.05. The van der Waals surface area contributed by atoms with E-state index in [1.165, 1.54) is 12.1 Å². The Balaban J connectivity index is 1.71. The van der Waals surface area contributed by atoms with E-state index in [1.807, 2.05) is 43.3 Å². The lowest BCUT2D eigenvalue weighted by Crippen LogP contribution is -2.34. The summed E-state index contributed by atoms with van der Waals surface area (Å²) in [6, 6.07) is 20.6. The van der Waals surface area contributed by atoms with E-state index in [-0.39, 0.29) is 17.6 Å². The number of nitriles is 1. The van der Waals surface area contributed by atoms with E-state index in [1.54, 1.807) is 12.1 Å². The smallest absolute Gasteiger partial charge is 0.270 e. The number of hydrogen-bond acceptors (Lipinski definition) is 6. The molecule has 1 fully saturated rings. The Hall–Kier alpha value is -3.79. The molecule has 1 saturated heterocycles. The first kappa shape index (κ1) is 19.5. The first-order chi connectivity index (χ1) is 14.6. The number of benzene rings is 2. The zero-order valence-electron chi connectivity index (χ0n) is 16.6. The molecular weight excluding hydrogens is 378 g/mol. The SMILES string of the molecule is Cc1cc(N2CCCC2C(C#N)c2ccccc2)nc(-c2cccc([N+](=O)[O-])c2)n1. The van der Waals surface area contributed by atoms with E-state index in [9.17, 15) is 15.4 Å². The molecule has 0 bridgehead atoms. The summed E-state index contributed by atoms with van der Waals surface area (Å²) in [5, 5.41) is 21.0. The maximum absolute atomic E-state index is 11.1. The van der Waals surface area contributed by atoms with E-state index in [2.05, 4.69) is 16.0 Å². The van der Waals surface area contributed by atoms with E-state index in [0.717, 1.165) is 36.5 Å². The molecule has 150 valence electrons. The normalized spacial score (nSPS) is 16.8. The highest BCUT2D eigenvalue weighted by atomic mass is 16.6. The lowest BCUT2D eigenvalue weighted by molar-refractivity contribution is -0.384. The van der Waals surface area contributed by atoms with Gasteiger partial charge in [-0.15, -0.1) is 0 Å². The molecule has 4 rings (SSSR count). The van der Waals surface area contributed by atoms with Gasteiger partial charge in [0, 0.05) is 36.0 Å². The molecule has 2 atom stereocenters.